The molecule has 0 fully saturated rings. The first-order valence-corrected chi connectivity index (χ1v) is 7.64. The SMILES string of the molecule is Cc1cc(NC(=O)OC(C)(C)C)cc(C)c1C1=CCOCC1. The van der Waals surface area contributed by atoms with Gasteiger partial charge in [-0.15, -0.1) is 0 Å². The van der Waals surface area contributed by atoms with Crippen LogP contribution in [0.4, 0.5) is 10.5 Å². The standard InChI is InChI=1S/C18H25NO3/c1-12-10-15(19-17(20)22-18(3,4)5)11-13(2)16(12)14-6-8-21-9-7-14/h6,10-11H,7-9H2,1-5H3,(H,19,20). The fraction of sp³-hybridized carbons (Fsp3) is 0.500. The number of carbonyl (C=O) groups is 1. The summed E-state index contributed by atoms with van der Waals surface area (Å²) in [5.41, 5.74) is 5.16. The molecule has 1 aromatic carbocycles. The van der Waals surface area contributed by atoms with E-state index in [-0.39, 0.29) is 0 Å². The Bertz CT molecular complexity index is 574. The van der Waals surface area contributed by atoms with Crippen LogP contribution in [0, 0.1) is 13.8 Å². The van der Waals surface area contributed by atoms with Crippen molar-refractivity contribution in [3.8, 4) is 0 Å². The number of rotatable bonds is 2. The Balaban J connectivity index is 2.19. The normalized spacial score (nSPS) is 15.2. The largest absolute Gasteiger partial charge is 0.444 e. The quantitative estimate of drug-likeness (QED) is 0.877. The minimum atomic E-state index is -0.499. The smallest absolute Gasteiger partial charge is 0.412 e. The molecule has 4 nitrogen and oxygen atoms in total. The summed E-state index contributed by atoms with van der Waals surface area (Å²) < 4.78 is 10.7. The van der Waals surface area contributed by atoms with E-state index < -0.39 is 11.7 Å². The van der Waals surface area contributed by atoms with Gasteiger partial charge < -0.3 is 9.47 Å². The molecule has 0 aliphatic carbocycles. The van der Waals surface area contributed by atoms with E-state index in [1.165, 1.54) is 11.1 Å². The molecule has 0 saturated heterocycles. The van der Waals surface area contributed by atoms with Gasteiger partial charge in [-0.3, -0.25) is 5.32 Å². The zero-order valence-corrected chi connectivity index (χ0v) is 14.1. The van der Waals surface area contributed by atoms with E-state index in [1.807, 2.05) is 32.9 Å². The Morgan fingerprint density at radius 1 is 1.23 bits per heavy atom. The lowest BCUT2D eigenvalue weighted by Crippen LogP contribution is -2.27. The van der Waals surface area contributed by atoms with Crippen LogP contribution >= 0.6 is 0 Å². The number of nitrogens with one attached hydrogen (secondary N) is 1. The first kappa shape index (κ1) is 16.6. The summed E-state index contributed by atoms with van der Waals surface area (Å²) in [6, 6.07) is 3.98. The fourth-order valence-corrected chi connectivity index (χ4v) is 2.72. The second kappa shape index (κ2) is 6.53. The molecule has 4 heteroatoms. The second-order valence-corrected chi connectivity index (χ2v) is 6.67. The molecule has 0 radical (unpaired) electrons. The van der Waals surface area contributed by atoms with Gasteiger partial charge in [0.1, 0.15) is 5.60 Å². The van der Waals surface area contributed by atoms with Gasteiger partial charge in [-0.05, 0) is 75.4 Å². The average molecular weight is 303 g/mol. The molecule has 120 valence electrons. The van der Waals surface area contributed by atoms with Gasteiger partial charge in [0.15, 0.2) is 0 Å². The average Bonchev–Trinajstić information content (AvgIpc) is 2.36. The van der Waals surface area contributed by atoms with E-state index in [4.69, 9.17) is 9.47 Å². The molecule has 0 bridgehead atoms. The van der Waals surface area contributed by atoms with Crippen LogP contribution in [0.3, 0.4) is 0 Å². The van der Waals surface area contributed by atoms with E-state index in [0.29, 0.717) is 6.61 Å². The van der Waals surface area contributed by atoms with Gasteiger partial charge in [-0.25, -0.2) is 4.79 Å². The number of carbonyl (C=O) groups excluding carboxylic acids is 1. The molecule has 0 spiro atoms. The minimum Gasteiger partial charge on any atom is -0.444 e. The zero-order valence-electron chi connectivity index (χ0n) is 14.1. The van der Waals surface area contributed by atoms with E-state index in [1.54, 1.807) is 0 Å². The zero-order chi connectivity index (χ0) is 16.3. The number of amides is 1. The molecule has 2 rings (SSSR count). The van der Waals surface area contributed by atoms with Gasteiger partial charge in [0.05, 0.1) is 13.2 Å². The Kier molecular flexibility index (Phi) is 4.91. The summed E-state index contributed by atoms with van der Waals surface area (Å²) in [5.74, 6) is 0. The Labute approximate surface area is 132 Å². The molecule has 1 amide bonds. The third-order valence-electron chi connectivity index (χ3n) is 3.46. The maximum absolute atomic E-state index is 11.9. The van der Waals surface area contributed by atoms with Gasteiger partial charge in [0.2, 0.25) is 0 Å². The maximum Gasteiger partial charge on any atom is 0.412 e. The summed E-state index contributed by atoms with van der Waals surface area (Å²) in [7, 11) is 0. The van der Waals surface area contributed by atoms with Crippen LogP contribution in [0.1, 0.15) is 43.9 Å². The van der Waals surface area contributed by atoms with Crippen LogP contribution in [-0.2, 0) is 9.47 Å². The monoisotopic (exact) mass is 303 g/mol. The van der Waals surface area contributed by atoms with Crippen molar-refractivity contribution in [1.29, 1.82) is 0 Å². The van der Waals surface area contributed by atoms with Gasteiger partial charge in [0, 0.05) is 5.69 Å². The van der Waals surface area contributed by atoms with E-state index in [9.17, 15) is 4.79 Å². The molecule has 0 saturated carbocycles. The van der Waals surface area contributed by atoms with Gasteiger partial charge in [-0.2, -0.15) is 0 Å². The van der Waals surface area contributed by atoms with Gasteiger partial charge in [0.25, 0.3) is 0 Å². The molecule has 22 heavy (non-hydrogen) atoms. The minimum absolute atomic E-state index is 0.427. The van der Waals surface area contributed by atoms with Crippen molar-refractivity contribution in [1.82, 2.24) is 0 Å². The highest BCUT2D eigenvalue weighted by Crippen LogP contribution is 2.30. The van der Waals surface area contributed by atoms with Crippen LogP contribution in [0.15, 0.2) is 18.2 Å². The third-order valence-corrected chi connectivity index (χ3v) is 3.46. The van der Waals surface area contributed by atoms with E-state index in [2.05, 4.69) is 25.2 Å². The summed E-state index contributed by atoms with van der Waals surface area (Å²) >= 11 is 0. The topological polar surface area (TPSA) is 47.6 Å². The summed E-state index contributed by atoms with van der Waals surface area (Å²) in [4.78, 5) is 11.9. The highest BCUT2D eigenvalue weighted by molar-refractivity contribution is 5.86. The van der Waals surface area contributed by atoms with Crippen molar-refractivity contribution in [2.75, 3.05) is 18.5 Å². The number of hydrogen-bond donors (Lipinski definition) is 1. The second-order valence-electron chi connectivity index (χ2n) is 6.67. The van der Waals surface area contributed by atoms with Gasteiger partial charge >= 0.3 is 6.09 Å². The van der Waals surface area contributed by atoms with Crippen molar-refractivity contribution in [3.05, 3.63) is 34.9 Å². The molecule has 0 unspecified atom stereocenters. The van der Waals surface area contributed by atoms with Crippen molar-refractivity contribution in [2.45, 2.75) is 46.6 Å². The predicted molar refractivity (Wildman–Crippen MR) is 89.2 cm³/mol. The van der Waals surface area contributed by atoms with Crippen LogP contribution in [-0.4, -0.2) is 24.9 Å². The molecule has 1 aliphatic heterocycles. The van der Waals surface area contributed by atoms with Crippen LogP contribution in [0.2, 0.25) is 0 Å². The first-order valence-electron chi connectivity index (χ1n) is 7.64. The van der Waals surface area contributed by atoms with Crippen molar-refractivity contribution in [2.24, 2.45) is 0 Å². The maximum atomic E-state index is 11.9. The lowest BCUT2D eigenvalue weighted by atomic mass is 9.92. The summed E-state index contributed by atoms with van der Waals surface area (Å²) in [5, 5.41) is 2.80. The molecule has 0 atom stereocenters. The molecule has 1 heterocycles. The molecule has 0 aromatic heterocycles. The van der Waals surface area contributed by atoms with E-state index >= 15 is 0 Å². The summed E-state index contributed by atoms with van der Waals surface area (Å²) in [6.45, 7) is 11.1. The lowest BCUT2D eigenvalue weighted by Gasteiger charge is -2.21. The molecule has 1 N–H and O–H groups in total. The highest BCUT2D eigenvalue weighted by Gasteiger charge is 2.17. The number of ether oxygens (including phenoxy) is 2. The van der Waals surface area contributed by atoms with Crippen molar-refractivity contribution >= 4 is 17.4 Å². The number of aryl methyl sites for hydroxylation is 2. The third kappa shape index (κ3) is 4.34. The number of hydrogen-bond acceptors (Lipinski definition) is 3. The molecular weight excluding hydrogens is 278 g/mol. The fourth-order valence-electron chi connectivity index (χ4n) is 2.72. The summed E-state index contributed by atoms with van der Waals surface area (Å²) in [6.07, 6.45) is 2.64. The number of anilines is 1. The predicted octanol–water partition coefficient (Wildman–Crippen LogP) is 4.45. The van der Waals surface area contributed by atoms with Gasteiger partial charge in [-0.1, -0.05) is 6.08 Å². The van der Waals surface area contributed by atoms with E-state index in [0.717, 1.165) is 29.8 Å². The number of benzene rings is 1. The first-order chi connectivity index (χ1) is 10.3. The van der Waals surface area contributed by atoms with Crippen LogP contribution < -0.4 is 5.32 Å². The van der Waals surface area contributed by atoms with Crippen LogP contribution in [0.5, 0.6) is 0 Å². The molecular formula is C18H25NO3. The Morgan fingerprint density at radius 2 is 1.86 bits per heavy atom. The highest BCUT2D eigenvalue weighted by atomic mass is 16.6. The van der Waals surface area contributed by atoms with Crippen LogP contribution in [0.25, 0.3) is 5.57 Å². The molecule has 1 aliphatic rings. The Morgan fingerprint density at radius 3 is 2.36 bits per heavy atom. The van der Waals surface area contributed by atoms with Crippen molar-refractivity contribution < 1.29 is 14.3 Å². The molecule has 1 aromatic rings. The van der Waals surface area contributed by atoms with Crippen molar-refractivity contribution in [3.63, 3.8) is 0 Å². The lowest BCUT2D eigenvalue weighted by molar-refractivity contribution is 0.0636. The Hall–Kier alpha value is -1.81.